The minimum atomic E-state index is -4.04. The van der Waals surface area contributed by atoms with E-state index in [-0.39, 0.29) is 16.9 Å². The fraction of sp³-hybridized carbons (Fsp3) is 0.500. The summed E-state index contributed by atoms with van der Waals surface area (Å²) >= 11 is 0. The Bertz CT molecular complexity index is 342. The molecule has 1 aliphatic carbocycles. The second-order valence-corrected chi connectivity index (χ2v) is 4.50. The topological polar surface area (TPSA) is 66.4 Å². The molecule has 2 unspecified atom stereocenters. The highest BCUT2D eigenvalue weighted by molar-refractivity contribution is 7.90. The van der Waals surface area contributed by atoms with Crippen molar-refractivity contribution in [2.75, 3.05) is 7.05 Å². The molecule has 0 saturated carbocycles. The third-order valence-corrected chi connectivity index (χ3v) is 2.96. The standard InChI is InChI=1S/C8H13NO3S/c1-6-5-7(13(10,11)12)3-4-8(6)9-2/h3-6,8-9H,1-2H3,(H,10,11,12). The van der Waals surface area contributed by atoms with Gasteiger partial charge in [-0.25, -0.2) is 0 Å². The van der Waals surface area contributed by atoms with Gasteiger partial charge in [0.2, 0.25) is 0 Å². The van der Waals surface area contributed by atoms with Gasteiger partial charge in [0.05, 0.1) is 4.91 Å². The third kappa shape index (κ3) is 2.40. The Morgan fingerprint density at radius 2 is 2.15 bits per heavy atom. The van der Waals surface area contributed by atoms with Crippen LogP contribution < -0.4 is 5.32 Å². The number of allylic oxidation sites excluding steroid dienone is 1. The van der Waals surface area contributed by atoms with E-state index in [9.17, 15) is 8.42 Å². The van der Waals surface area contributed by atoms with Crippen molar-refractivity contribution >= 4 is 10.1 Å². The molecule has 74 valence electrons. The van der Waals surface area contributed by atoms with Crippen LogP contribution in [0, 0.1) is 5.92 Å². The van der Waals surface area contributed by atoms with Gasteiger partial charge < -0.3 is 5.32 Å². The highest BCUT2D eigenvalue weighted by Crippen LogP contribution is 2.19. The maximum absolute atomic E-state index is 10.7. The minimum absolute atomic E-state index is 0.0218. The fourth-order valence-corrected chi connectivity index (χ4v) is 1.96. The summed E-state index contributed by atoms with van der Waals surface area (Å²) in [4.78, 5) is -0.0218. The molecule has 0 amide bonds. The molecule has 2 atom stereocenters. The third-order valence-electron chi connectivity index (χ3n) is 2.09. The Labute approximate surface area is 78.1 Å². The van der Waals surface area contributed by atoms with Crippen LogP contribution in [0.1, 0.15) is 6.92 Å². The van der Waals surface area contributed by atoms with Crippen LogP contribution in [-0.4, -0.2) is 26.1 Å². The van der Waals surface area contributed by atoms with Crippen molar-refractivity contribution in [3.63, 3.8) is 0 Å². The van der Waals surface area contributed by atoms with E-state index in [0.29, 0.717) is 0 Å². The van der Waals surface area contributed by atoms with Gasteiger partial charge in [-0.1, -0.05) is 19.1 Å². The molecule has 4 nitrogen and oxygen atoms in total. The second-order valence-electron chi connectivity index (χ2n) is 3.08. The summed E-state index contributed by atoms with van der Waals surface area (Å²) in [6, 6.07) is 0.130. The van der Waals surface area contributed by atoms with Gasteiger partial charge in [-0.3, -0.25) is 4.55 Å². The van der Waals surface area contributed by atoms with Crippen molar-refractivity contribution in [2.45, 2.75) is 13.0 Å². The van der Waals surface area contributed by atoms with Crippen molar-refractivity contribution in [1.82, 2.24) is 5.32 Å². The van der Waals surface area contributed by atoms with E-state index >= 15 is 0 Å². The maximum Gasteiger partial charge on any atom is 0.294 e. The molecular formula is C8H13NO3S. The second kappa shape index (κ2) is 3.61. The molecule has 0 radical (unpaired) electrons. The Balaban J connectivity index is 2.92. The van der Waals surface area contributed by atoms with E-state index in [4.69, 9.17) is 4.55 Å². The molecule has 2 N–H and O–H groups in total. The summed E-state index contributed by atoms with van der Waals surface area (Å²) in [7, 11) is -2.24. The lowest BCUT2D eigenvalue weighted by molar-refractivity contribution is 0.488. The molecule has 0 bridgehead atoms. The summed E-state index contributed by atoms with van der Waals surface area (Å²) < 4.78 is 30.2. The van der Waals surface area contributed by atoms with Crippen molar-refractivity contribution in [1.29, 1.82) is 0 Å². The molecule has 0 aromatic rings. The van der Waals surface area contributed by atoms with Crippen LogP contribution in [0.5, 0.6) is 0 Å². The average molecular weight is 203 g/mol. The monoisotopic (exact) mass is 203 g/mol. The van der Waals surface area contributed by atoms with E-state index < -0.39 is 10.1 Å². The van der Waals surface area contributed by atoms with Gasteiger partial charge in [-0.15, -0.1) is 0 Å². The predicted molar refractivity (Wildman–Crippen MR) is 50.8 cm³/mol. The Hall–Kier alpha value is -0.650. The molecule has 0 spiro atoms. The first kappa shape index (κ1) is 10.4. The van der Waals surface area contributed by atoms with E-state index in [2.05, 4.69) is 5.32 Å². The average Bonchev–Trinajstić information content (AvgIpc) is 2.02. The lowest BCUT2D eigenvalue weighted by atomic mass is 9.97. The predicted octanol–water partition coefficient (Wildman–Crippen LogP) is 0.552. The number of likely N-dealkylation sites (N-methyl/N-ethyl adjacent to an activating group) is 1. The lowest BCUT2D eigenvalue weighted by Gasteiger charge is -2.21. The summed E-state index contributed by atoms with van der Waals surface area (Å²) in [5.41, 5.74) is 0. The first-order chi connectivity index (χ1) is 5.95. The molecular weight excluding hydrogens is 190 g/mol. The fourth-order valence-electron chi connectivity index (χ4n) is 1.32. The molecule has 1 rings (SSSR count). The molecule has 0 heterocycles. The first-order valence-electron chi connectivity index (χ1n) is 4.00. The highest BCUT2D eigenvalue weighted by Gasteiger charge is 2.20. The van der Waals surface area contributed by atoms with Crippen LogP contribution in [0.2, 0.25) is 0 Å². The maximum atomic E-state index is 10.7. The summed E-state index contributed by atoms with van der Waals surface area (Å²) in [6.45, 7) is 1.88. The minimum Gasteiger partial charge on any atom is -0.313 e. The molecule has 0 aromatic heterocycles. The molecule has 0 fully saturated rings. The number of hydrogen-bond donors (Lipinski definition) is 2. The molecule has 0 saturated heterocycles. The van der Waals surface area contributed by atoms with Crippen LogP contribution >= 0.6 is 0 Å². The Kier molecular flexibility index (Phi) is 2.90. The van der Waals surface area contributed by atoms with Gasteiger partial charge in [-0.05, 0) is 19.0 Å². The van der Waals surface area contributed by atoms with Crippen LogP contribution in [0.15, 0.2) is 23.1 Å². The van der Waals surface area contributed by atoms with Gasteiger partial charge in [0.1, 0.15) is 0 Å². The molecule has 0 aliphatic heterocycles. The zero-order valence-corrected chi connectivity index (χ0v) is 8.38. The van der Waals surface area contributed by atoms with Crippen molar-refractivity contribution in [3.8, 4) is 0 Å². The quantitative estimate of drug-likeness (QED) is 0.643. The van der Waals surface area contributed by atoms with E-state index in [0.717, 1.165) is 0 Å². The van der Waals surface area contributed by atoms with Crippen LogP contribution in [0.25, 0.3) is 0 Å². The molecule has 0 aromatic carbocycles. The van der Waals surface area contributed by atoms with Gasteiger partial charge in [-0.2, -0.15) is 8.42 Å². The smallest absolute Gasteiger partial charge is 0.294 e. The highest BCUT2D eigenvalue weighted by atomic mass is 32.2. The van der Waals surface area contributed by atoms with Crippen molar-refractivity contribution < 1.29 is 13.0 Å². The first-order valence-corrected chi connectivity index (χ1v) is 5.44. The van der Waals surface area contributed by atoms with E-state index in [1.807, 2.05) is 6.92 Å². The molecule has 5 heteroatoms. The van der Waals surface area contributed by atoms with Crippen LogP contribution in [0.3, 0.4) is 0 Å². The van der Waals surface area contributed by atoms with Crippen LogP contribution in [0.4, 0.5) is 0 Å². The lowest BCUT2D eigenvalue weighted by Crippen LogP contribution is -2.31. The number of rotatable bonds is 2. The van der Waals surface area contributed by atoms with Crippen molar-refractivity contribution in [3.05, 3.63) is 23.1 Å². The van der Waals surface area contributed by atoms with E-state index in [1.54, 1.807) is 13.1 Å². The Morgan fingerprint density at radius 3 is 2.54 bits per heavy atom. The molecule has 13 heavy (non-hydrogen) atoms. The van der Waals surface area contributed by atoms with Crippen molar-refractivity contribution in [2.24, 2.45) is 5.92 Å². The normalized spacial score (nSPS) is 28.7. The summed E-state index contributed by atoms with van der Waals surface area (Å²) in [6.07, 6.45) is 4.68. The van der Waals surface area contributed by atoms with Gasteiger partial charge in [0, 0.05) is 6.04 Å². The Morgan fingerprint density at radius 1 is 1.54 bits per heavy atom. The summed E-state index contributed by atoms with van der Waals surface area (Å²) in [5.74, 6) is 0.0620. The zero-order valence-electron chi connectivity index (χ0n) is 7.56. The van der Waals surface area contributed by atoms with Gasteiger partial charge >= 0.3 is 0 Å². The molecule has 1 aliphatic rings. The van der Waals surface area contributed by atoms with Gasteiger partial charge in [0.15, 0.2) is 0 Å². The zero-order chi connectivity index (χ0) is 10.1. The largest absolute Gasteiger partial charge is 0.313 e. The number of hydrogen-bond acceptors (Lipinski definition) is 3. The summed E-state index contributed by atoms with van der Waals surface area (Å²) in [5, 5.41) is 3.02. The van der Waals surface area contributed by atoms with Crippen LogP contribution in [-0.2, 0) is 10.1 Å². The number of nitrogens with one attached hydrogen (secondary N) is 1. The van der Waals surface area contributed by atoms with E-state index in [1.165, 1.54) is 12.2 Å². The SMILES string of the molecule is CNC1C=CC(S(=O)(=O)O)=CC1C. The van der Waals surface area contributed by atoms with Gasteiger partial charge in [0.25, 0.3) is 10.1 Å².